The lowest BCUT2D eigenvalue weighted by atomic mass is 10.2. The van der Waals surface area contributed by atoms with Gasteiger partial charge in [0.1, 0.15) is 0 Å². The van der Waals surface area contributed by atoms with Crippen molar-refractivity contribution in [2.24, 2.45) is 5.14 Å². The largest absolute Gasteiger partial charge is 0.352 e. The van der Waals surface area contributed by atoms with Gasteiger partial charge in [0, 0.05) is 24.2 Å². The van der Waals surface area contributed by atoms with Crippen LogP contribution >= 0.6 is 0 Å². The third kappa shape index (κ3) is 7.25. The van der Waals surface area contributed by atoms with Crippen LogP contribution < -0.4 is 15.8 Å². The van der Waals surface area contributed by atoms with Gasteiger partial charge in [-0.05, 0) is 61.7 Å². The minimum Gasteiger partial charge on any atom is -0.352 e. The average Bonchev–Trinajstić information content (AvgIpc) is 2.72. The van der Waals surface area contributed by atoms with Gasteiger partial charge in [0.2, 0.25) is 10.0 Å². The number of carbonyl (C=O) groups excluding carboxylic acids is 2. The number of sulfonamides is 1. The molecular formula is C19H23N3O6S2. The summed E-state index contributed by atoms with van der Waals surface area (Å²) < 4.78 is 44.4. The highest BCUT2D eigenvalue weighted by Gasteiger charge is 2.10. The Morgan fingerprint density at radius 2 is 1.40 bits per heavy atom. The van der Waals surface area contributed by atoms with Gasteiger partial charge in [0.05, 0.1) is 9.79 Å². The highest BCUT2D eigenvalue weighted by Crippen LogP contribution is 2.09. The summed E-state index contributed by atoms with van der Waals surface area (Å²) in [5.74, 6) is -0.661. The first kappa shape index (κ1) is 23.5. The van der Waals surface area contributed by atoms with Crippen LogP contribution in [0.5, 0.6) is 0 Å². The van der Waals surface area contributed by atoms with Crippen LogP contribution in [0.25, 0.3) is 0 Å². The first-order valence-electron chi connectivity index (χ1n) is 9.12. The molecule has 2 rings (SSSR count). The smallest absolute Gasteiger partial charge is 0.251 e. The van der Waals surface area contributed by atoms with E-state index in [1.807, 2.05) is 0 Å². The van der Waals surface area contributed by atoms with Crippen molar-refractivity contribution in [2.75, 3.05) is 13.1 Å². The molecule has 30 heavy (non-hydrogen) atoms. The summed E-state index contributed by atoms with van der Waals surface area (Å²) in [6.45, 7) is 0.859. The van der Waals surface area contributed by atoms with E-state index in [4.69, 9.17) is 5.14 Å². The fourth-order valence-electron chi connectivity index (χ4n) is 2.59. The van der Waals surface area contributed by atoms with Gasteiger partial charge in [-0.2, -0.15) is 0 Å². The molecule has 0 bridgehead atoms. The van der Waals surface area contributed by atoms with Crippen LogP contribution in [0.1, 0.15) is 40.0 Å². The van der Waals surface area contributed by atoms with Crippen LogP contribution in [0.15, 0.2) is 58.3 Å². The Balaban J connectivity index is 1.65. The van der Waals surface area contributed by atoms with E-state index in [-0.39, 0.29) is 27.2 Å². The highest BCUT2D eigenvalue weighted by atomic mass is 32.2. The Morgan fingerprint density at radius 1 is 0.833 bits per heavy atom. The summed E-state index contributed by atoms with van der Waals surface area (Å²) in [7, 11) is -6.53. The van der Waals surface area contributed by atoms with E-state index in [0.29, 0.717) is 31.5 Å². The number of hydrogen-bond acceptors (Lipinski definition) is 6. The molecule has 0 aliphatic rings. The standard InChI is InChI=1S/C19H23N3O6S2/c20-30(27,28)17-9-7-14(8-10-17)18(23)21-11-2-1-3-12-22-19(24)15-5-4-6-16(13-15)29(25)26/h4-10,13,29H,1-3,11-12H2,(H,21,23)(H,22,24)(H2,20,27,28). The number of amides is 2. The molecule has 4 N–H and O–H groups in total. The lowest BCUT2D eigenvalue weighted by molar-refractivity contribution is 0.0947. The fourth-order valence-corrected chi connectivity index (χ4v) is 3.56. The molecule has 2 amide bonds. The molecule has 11 heteroatoms. The molecule has 0 aliphatic heterocycles. The molecular weight excluding hydrogens is 430 g/mol. The topological polar surface area (TPSA) is 152 Å². The maximum atomic E-state index is 12.0. The summed E-state index contributed by atoms with van der Waals surface area (Å²) in [6, 6.07) is 11.1. The number of thiol groups is 1. The predicted molar refractivity (Wildman–Crippen MR) is 111 cm³/mol. The van der Waals surface area contributed by atoms with E-state index in [1.165, 1.54) is 42.5 Å². The molecule has 0 aliphatic carbocycles. The van der Waals surface area contributed by atoms with Gasteiger partial charge in [0.15, 0.2) is 10.7 Å². The molecule has 2 aromatic carbocycles. The fraction of sp³-hybridized carbons (Fsp3) is 0.263. The van der Waals surface area contributed by atoms with Gasteiger partial charge in [-0.3, -0.25) is 9.59 Å². The molecule has 0 unspecified atom stereocenters. The summed E-state index contributed by atoms with van der Waals surface area (Å²) in [5, 5.41) is 10.5. The zero-order valence-electron chi connectivity index (χ0n) is 16.0. The second-order valence-corrected chi connectivity index (χ2v) is 9.04. The van der Waals surface area contributed by atoms with E-state index < -0.39 is 20.7 Å². The van der Waals surface area contributed by atoms with Gasteiger partial charge < -0.3 is 10.6 Å². The number of nitrogens with one attached hydrogen (secondary N) is 2. The second kappa shape index (κ2) is 10.9. The molecule has 0 fully saturated rings. The normalized spacial score (nSPS) is 11.3. The van der Waals surface area contributed by atoms with Crippen molar-refractivity contribution in [2.45, 2.75) is 29.1 Å². The van der Waals surface area contributed by atoms with Crippen LogP contribution in [0.2, 0.25) is 0 Å². The third-order valence-electron chi connectivity index (χ3n) is 4.19. The molecule has 0 aromatic heterocycles. The Kier molecular flexibility index (Phi) is 8.51. The van der Waals surface area contributed by atoms with Gasteiger partial charge in [-0.15, -0.1) is 0 Å². The minimum atomic E-state index is -3.79. The molecule has 0 atom stereocenters. The van der Waals surface area contributed by atoms with E-state index >= 15 is 0 Å². The van der Waals surface area contributed by atoms with Crippen molar-refractivity contribution < 1.29 is 26.4 Å². The van der Waals surface area contributed by atoms with E-state index in [1.54, 1.807) is 6.07 Å². The third-order valence-corrected chi connectivity index (χ3v) is 5.82. The Morgan fingerprint density at radius 3 is 1.93 bits per heavy atom. The van der Waals surface area contributed by atoms with Crippen molar-refractivity contribution in [1.29, 1.82) is 0 Å². The number of rotatable bonds is 10. The Hall–Kier alpha value is -2.76. The van der Waals surface area contributed by atoms with E-state index in [0.717, 1.165) is 6.42 Å². The first-order chi connectivity index (χ1) is 14.2. The van der Waals surface area contributed by atoms with Gasteiger partial charge in [-0.25, -0.2) is 22.0 Å². The number of benzene rings is 2. The van der Waals surface area contributed by atoms with Crippen molar-refractivity contribution >= 4 is 32.5 Å². The molecule has 0 saturated carbocycles. The Labute approximate surface area is 176 Å². The number of unbranched alkanes of at least 4 members (excludes halogenated alkanes) is 2. The number of hydrogen-bond donors (Lipinski definition) is 4. The van der Waals surface area contributed by atoms with E-state index in [9.17, 15) is 26.4 Å². The molecule has 2 aromatic rings. The summed E-state index contributed by atoms with van der Waals surface area (Å²) in [4.78, 5) is 24.1. The lowest BCUT2D eigenvalue weighted by Gasteiger charge is -2.07. The number of nitrogens with two attached hydrogens (primary N) is 1. The maximum Gasteiger partial charge on any atom is 0.251 e. The number of primary sulfonamides is 1. The lowest BCUT2D eigenvalue weighted by Crippen LogP contribution is -2.26. The van der Waals surface area contributed by atoms with E-state index in [2.05, 4.69) is 10.6 Å². The molecule has 162 valence electrons. The quantitative estimate of drug-likeness (QED) is 0.306. The Bertz CT molecular complexity index is 1070. The molecule has 9 nitrogen and oxygen atoms in total. The highest BCUT2D eigenvalue weighted by molar-refractivity contribution is 7.89. The molecule has 0 spiro atoms. The van der Waals surface area contributed by atoms with Crippen LogP contribution in [0.4, 0.5) is 0 Å². The molecule has 0 radical (unpaired) electrons. The van der Waals surface area contributed by atoms with Crippen molar-refractivity contribution in [3.05, 3.63) is 59.7 Å². The van der Waals surface area contributed by atoms with Crippen LogP contribution in [-0.2, 0) is 20.7 Å². The van der Waals surface area contributed by atoms with Gasteiger partial charge in [0.25, 0.3) is 11.8 Å². The zero-order chi connectivity index (χ0) is 22.1. The molecule has 0 saturated heterocycles. The summed E-state index contributed by atoms with van der Waals surface area (Å²) in [5.41, 5.74) is 0.615. The SMILES string of the molecule is NS(=O)(=O)c1ccc(C(=O)NCCCCCNC(=O)c2cccc([SH](=O)=O)c2)cc1. The van der Waals surface area contributed by atoms with Crippen LogP contribution in [0, 0.1) is 0 Å². The van der Waals surface area contributed by atoms with Crippen LogP contribution in [-0.4, -0.2) is 41.7 Å². The van der Waals surface area contributed by atoms with Crippen molar-refractivity contribution in [1.82, 2.24) is 10.6 Å². The predicted octanol–water partition coefficient (Wildman–Crippen LogP) is 0.634. The monoisotopic (exact) mass is 453 g/mol. The van der Waals surface area contributed by atoms with Crippen molar-refractivity contribution in [3.63, 3.8) is 0 Å². The average molecular weight is 454 g/mol. The first-order valence-corrected chi connectivity index (χ1v) is 11.8. The maximum absolute atomic E-state index is 12.0. The van der Waals surface area contributed by atoms with Crippen LogP contribution in [0.3, 0.4) is 0 Å². The zero-order valence-corrected chi connectivity index (χ0v) is 17.7. The van der Waals surface area contributed by atoms with Gasteiger partial charge >= 0.3 is 0 Å². The van der Waals surface area contributed by atoms with Gasteiger partial charge in [-0.1, -0.05) is 6.07 Å². The number of carbonyl (C=O) groups is 2. The summed E-state index contributed by atoms with van der Waals surface area (Å²) in [6.07, 6.45) is 2.15. The minimum absolute atomic E-state index is 0.0605. The molecule has 0 heterocycles. The second-order valence-electron chi connectivity index (χ2n) is 6.45. The summed E-state index contributed by atoms with van der Waals surface area (Å²) >= 11 is 0. The van der Waals surface area contributed by atoms with Crippen molar-refractivity contribution in [3.8, 4) is 0 Å².